The first-order valence-corrected chi connectivity index (χ1v) is 10.7. The van der Waals surface area contributed by atoms with E-state index in [0.29, 0.717) is 17.8 Å². The molecule has 0 unspecified atom stereocenters. The molecule has 0 spiro atoms. The molecule has 1 aliphatic carbocycles. The first kappa shape index (κ1) is 21.0. The molecule has 0 aromatic heterocycles. The third kappa shape index (κ3) is 3.68. The number of para-hydroxylation sites is 2. The zero-order chi connectivity index (χ0) is 22.3. The van der Waals surface area contributed by atoms with Crippen molar-refractivity contribution >= 4 is 41.0 Å². The molecule has 1 saturated carbocycles. The number of carbonyl (C=O) groups excluding carboxylic acids is 5. The van der Waals surface area contributed by atoms with E-state index in [1.807, 2.05) is 6.92 Å². The van der Waals surface area contributed by atoms with Gasteiger partial charge in [-0.1, -0.05) is 31.9 Å². The first-order chi connectivity index (χ1) is 14.8. The molecule has 3 aliphatic rings. The van der Waals surface area contributed by atoms with Crippen LogP contribution in [0.2, 0.25) is 0 Å². The van der Waals surface area contributed by atoms with Gasteiger partial charge in [0.25, 0.3) is 0 Å². The Morgan fingerprint density at radius 2 is 1.74 bits per heavy atom. The molecule has 3 atom stereocenters. The summed E-state index contributed by atoms with van der Waals surface area (Å²) in [6, 6.07) is 5.34. The highest BCUT2D eigenvalue weighted by Gasteiger charge is 2.50. The van der Waals surface area contributed by atoms with Gasteiger partial charge in [-0.15, -0.1) is 0 Å². The van der Waals surface area contributed by atoms with Gasteiger partial charge in [0.15, 0.2) is 0 Å². The summed E-state index contributed by atoms with van der Waals surface area (Å²) >= 11 is 0. The van der Waals surface area contributed by atoms with Crippen LogP contribution in [-0.2, 0) is 19.2 Å². The van der Waals surface area contributed by atoms with E-state index < -0.39 is 36.3 Å². The van der Waals surface area contributed by atoms with Crippen molar-refractivity contribution in [2.75, 3.05) is 16.8 Å². The quantitative estimate of drug-likeness (QED) is 0.589. The Kier molecular flexibility index (Phi) is 5.51. The second kappa shape index (κ2) is 8.13. The fourth-order valence-electron chi connectivity index (χ4n) is 4.81. The summed E-state index contributed by atoms with van der Waals surface area (Å²) in [5, 5.41) is 2.77. The summed E-state index contributed by atoms with van der Waals surface area (Å²) in [5.41, 5.74) is 0.979. The van der Waals surface area contributed by atoms with E-state index in [1.165, 1.54) is 4.90 Å². The van der Waals surface area contributed by atoms with Crippen molar-refractivity contribution in [3.63, 3.8) is 0 Å². The van der Waals surface area contributed by atoms with E-state index >= 15 is 0 Å². The van der Waals surface area contributed by atoms with E-state index in [0.717, 1.165) is 29.1 Å². The van der Waals surface area contributed by atoms with Crippen LogP contribution in [0.25, 0.3) is 0 Å². The van der Waals surface area contributed by atoms with Gasteiger partial charge < -0.3 is 10.2 Å². The van der Waals surface area contributed by atoms with Gasteiger partial charge >= 0.3 is 17.8 Å². The van der Waals surface area contributed by atoms with Gasteiger partial charge in [0.2, 0.25) is 11.8 Å². The van der Waals surface area contributed by atoms with Gasteiger partial charge in [-0.25, -0.2) is 9.69 Å². The van der Waals surface area contributed by atoms with Gasteiger partial charge in [-0.3, -0.25) is 24.1 Å². The Morgan fingerprint density at radius 1 is 1.03 bits per heavy atom. The average molecular weight is 426 g/mol. The van der Waals surface area contributed by atoms with Crippen molar-refractivity contribution < 1.29 is 24.0 Å². The van der Waals surface area contributed by atoms with E-state index in [1.54, 1.807) is 31.2 Å². The Hall–Kier alpha value is -3.23. The predicted molar refractivity (Wildman–Crippen MR) is 112 cm³/mol. The van der Waals surface area contributed by atoms with Crippen LogP contribution in [0.5, 0.6) is 0 Å². The molecule has 2 fully saturated rings. The first-order valence-electron chi connectivity index (χ1n) is 10.7. The number of urea groups is 1. The van der Waals surface area contributed by atoms with E-state index in [9.17, 15) is 24.0 Å². The van der Waals surface area contributed by atoms with Crippen LogP contribution in [0.1, 0.15) is 46.0 Å². The third-order valence-electron chi connectivity index (χ3n) is 6.40. The normalized spacial score (nSPS) is 26.6. The number of anilines is 2. The maximum absolute atomic E-state index is 13.2. The molecular weight excluding hydrogens is 400 g/mol. The predicted octanol–water partition coefficient (Wildman–Crippen LogP) is 2.12. The lowest BCUT2D eigenvalue weighted by Crippen LogP contribution is -2.48. The van der Waals surface area contributed by atoms with E-state index in [2.05, 4.69) is 5.32 Å². The van der Waals surface area contributed by atoms with Gasteiger partial charge in [0.05, 0.1) is 11.4 Å². The van der Waals surface area contributed by atoms with Gasteiger partial charge in [0, 0.05) is 18.5 Å². The van der Waals surface area contributed by atoms with Crippen molar-refractivity contribution in [2.24, 2.45) is 5.92 Å². The molecule has 9 nitrogen and oxygen atoms in total. The molecule has 1 aromatic rings. The van der Waals surface area contributed by atoms with Crippen LogP contribution >= 0.6 is 0 Å². The molecule has 1 aromatic carbocycles. The van der Waals surface area contributed by atoms with E-state index in [-0.39, 0.29) is 24.3 Å². The Morgan fingerprint density at radius 3 is 2.48 bits per heavy atom. The van der Waals surface area contributed by atoms with Crippen LogP contribution < -0.4 is 10.2 Å². The molecule has 1 N–H and O–H groups in total. The minimum atomic E-state index is -0.971. The molecule has 0 bridgehead atoms. The molecule has 9 heteroatoms. The van der Waals surface area contributed by atoms with Gasteiger partial charge in [-0.05, 0) is 37.8 Å². The highest BCUT2D eigenvalue weighted by atomic mass is 16.2. The Bertz CT molecular complexity index is 961. The zero-order valence-corrected chi connectivity index (χ0v) is 17.7. The van der Waals surface area contributed by atoms with Crippen molar-refractivity contribution in [1.29, 1.82) is 0 Å². The summed E-state index contributed by atoms with van der Waals surface area (Å²) in [4.78, 5) is 66.8. The number of amides is 6. The lowest BCUT2D eigenvalue weighted by Gasteiger charge is -2.34. The van der Waals surface area contributed by atoms with Gasteiger partial charge in [0.1, 0.15) is 6.54 Å². The van der Waals surface area contributed by atoms with Crippen LogP contribution in [0.3, 0.4) is 0 Å². The fourth-order valence-corrected chi connectivity index (χ4v) is 4.81. The lowest BCUT2D eigenvalue weighted by atomic mass is 9.85. The largest absolute Gasteiger partial charge is 0.334 e. The molecule has 1 saturated heterocycles. The number of nitrogens with zero attached hydrogens (tertiary/aromatic N) is 3. The lowest BCUT2D eigenvalue weighted by molar-refractivity contribution is -0.145. The molecule has 0 radical (unpaired) electrons. The summed E-state index contributed by atoms with van der Waals surface area (Å²) in [5.74, 6) is -2.47. The molecule has 4 rings (SSSR count). The highest BCUT2D eigenvalue weighted by molar-refractivity contribution is 6.45. The van der Waals surface area contributed by atoms with Crippen LogP contribution in [0.15, 0.2) is 24.3 Å². The smallest absolute Gasteiger partial charge is 0.324 e. The molecule has 31 heavy (non-hydrogen) atoms. The number of imide groups is 2. The molecule has 6 amide bonds. The minimum Gasteiger partial charge on any atom is -0.324 e. The number of carbonyl (C=O) groups is 5. The van der Waals surface area contributed by atoms with Crippen molar-refractivity contribution in [2.45, 2.75) is 58.0 Å². The maximum atomic E-state index is 13.2. The number of benzene rings is 1. The van der Waals surface area contributed by atoms with Crippen molar-refractivity contribution in [3.8, 4) is 0 Å². The van der Waals surface area contributed by atoms with Crippen LogP contribution in [0.4, 0.5) is 16.2 Å². The zero-order valence-electron chi connectivity index (χ0n) is 17.7. The topological polar surface area (TPSA) is 107 Å². The van der Waals surface area contributed by atoms with Crippen molar-refractivity contribution in [1.82, 2.24) is 9.80 Å². The monoisotopic (exact) mass is 426 g/mol. The summed E-state index contributed by atoms with van der Waals surface area (Å²) in [6.45, 7) is 3.16. The van der Waals surface area contributed by atoms with Crippen molar-refractivity contribution in [3.05, 3.63) is 24.3 Å². The Labute approximate surface area is 180 Å². The second-order valence-electron chi connectivity index (χ2n) is 8.56. The van der Waals surface area contributed by atoms with Gasteiger partial charge in [-0.2, -0.15) is 0 Å². The highest BCUT2D eigenvalue weighted by Crippen LogP contribution is 2.33. The average Bonchev–Trinajstić information content (AvgIpc) is 2.85. The third-order valence-corrected chi connectivity index (χ3v) is 6.40. The fraction of sp³-hybridized carbons (Fsp3) is 0.500. The summed E-state index contributed by atoms with van der Waals surface area (Å²) in [7, 11) is 0. The Balaban J connectivity index is 1.58. The number of hydrogen-bond donors (Lipinski definition) is 1. The number of nitrogens with one attached hydrogen (secondary N) is 1. The molecular formula is C22H26N4O5. The number of fused-ring (bicyclic) bond motifs is 1. The molecule has 2 heterocycles. The summed E-state index contributed by atoms with van der Waals surface area (Å²) < 4.78 is 0. The second-order valence-corrected chi connectivity index (χ2v) is 8.56. The minimum absolute atomic E-state index is 0.0763. The summed E-state index contributed by atoms with van der Waals surface area (Å²) in [6.07, 6.45) is 3.55. The van der Waals surface area contributed by atoms with Crippen LogP contribution in [0, 0.1) is 5.92 Å². The maximum Gasteiger partial charge on any atom is 0.334 e. The van der Waals surface area contributed by atoms with Crippen LogP contribution in [-0.4, -0.2) is 58.1 Å². The number of rotatable bonds is 3. The molecule has 2 aliphatic heterocycles. The standard InChI is InChI=1S/C22H26N4O5/c1-13-7-3-5-9-16(13)26-21(30)20(29)24(22(26)31)12-19(28)25-14(2)11-18(27)23-15-8-4-6-10-17(15)25/h4,6,8,10,13-14,16H,3,5,7,9,11-12H2,1-2H3,(H,23,27)/t13-,14+,16-/m1/s1. The van der Waals surface area contributed by atoms with E-state index in [4.69, 9.17) is 0 Å². The number of hydrogen-bond acceptors (Lipinski definition) is 5. The SMILES string of the molecule is C[C@@H]1CCCC[C@H]1N1C(=O)C(=O)N(CC(=O)N2c3ccccc3NC(=O)C[C@@H]2C)C1=O. The molecule has 164 valence electrons.